The van der Waals surface area contributed by atoms with Gasteiger partial charge in [-0.2, -0.15) is 0 Å². The van der Waals surface area contributed by atoms with Gasteiger partial charge in [-0.1, -0.05) is 59.2 Å². The molecule has 0 fully saturated rings. The third kappa shape index (κ3) is 2.16. The van der Waals surface area contributed by atoms with Crippen LogP contribution in [0.4, 0.5) is 0 Å². The van der Waals surface area contributed by atoms with Gasteiger partial charge in [0.15, 0.2) is 0 Å². The van der Waals surface area contributed by atoms with Crippen LogP contribution in [0.5, 0.6) is 0 Å². The predicted octanol–water partition coefficient (Wildman–Crippen LogP) is 3.80. The van der Waals surface area contributed by atoms with E-state index in [9.17, 15) is 0 Å². The first-order chi connectivity index (χ1) is 7.94. The lowest BCUT2D eigenvalue weighted by molar-refractivity contribution is 0.893. The molecular formula is C16H20Si. The first kappa shape index (κ1) is 12.4. The Labute approximate surface area is 107 Å². The molecule has 1 aromatic carbocycles. The van der Waals surface area contributed by atoms with Crippen molar-refractivity contribution in [2.75, 3.05) is 0 Å². The summed E-state index contributed by atoms with van der Waals surface area (Å²) in [5, 5.41) is 1.73. The molecule has 1 aliphatic carbocycles. The summed E-state index contributed by atoms with van der Waals surface area (Å²) in [6, 6.07) is 8.75. The van der Waals surface area contributed by atoms with Crippen molar-refractivity contribution in [2.24, 2.45) is 0 Å². The molecule has 2 rings (SSSR count). The first-order valence-corrected chi connectivity index (χ1v) is 7.15. The van der Waals surface area contributed by atoms with Gasteiger partial charge in [0.25, 0.3) is 0 Å². The van der Waals surface area contributed by atoms with Crippen LogP contribution >= 0.6 is 0 Å². The topological polar surface area (TPSA) is 0 Å². The Hall–Kier alpha value is -1.08. The largest absolute Gasteiger partial charge is 0.0979 e. The van der Waals surface area contributed by atoms with Crippen LogP contribution in [-0.4, -0.2) is 9.52 Å². The van der Waals surface area contributed by atoms with Crippen LogP contribution in [0.2, 0.25) is 5.04 Å². The van der Waals surface area contributed by atoms with Crippen LogP contribution in [-0.2, 0) is 0 Å². The summed E-state index contributed by atoms with van der Waals surface area (Å²) in [4.78, 5) is 0. The number of benzene rings is 1. The van der Waals surface area contributed by atoms with E-state index in [1.165, 1.54) is 27.5 Å². The van der Waals surface area contributed by atoms with Crippen molar-refractivity contribution >= 4 is 14.7 Å². The summed E-state index contributed by atoms with van der Waals surface area (Å²) in [7, 11) is 0.828. The monoisotopic (exact) mass is 240 g/mol. The molecule has 0 spiro atoms. The number of hydrogen-bond acceptors (Lipinski definition) is 0. The molecule has 0 aromatic heterocycles. The number of aryl methyl sites for hydroxylation is 1. The van der Waals surface area contributed by atoms with Gasteiger partial charge in [0.2, 0.25) is 0 Å². The zero-order chi connectivity index (χ0) is 12.6. The van der Waals surface area contributed by atoms with Crippen molar-refractivity contribution in [1.29, 1.82) is 0 Å². The number of rotatable bonds is 2. The van der Waals surface area contributed by atoms with Gasteiger partial charge in [-0.3, -0.25) is 0 Å². The van der Waals surface area contributed by atoms with Crippen LogP contribution < -0.4 is 5.19 Å². The molecule has 0 N–H and O–H groups in total. The van der Waals surface area contributed by atoms with Crippen LogP contribution in [0.3, 0.4) is 0 Å². The minimum Gasteiger partial charge on any atom is -0.0742 e. The molecule has 0 saturated carbocycles. The maximum absolute atomic E-state index is 2.45. The molecule has 1 unspecified atom stereocenters. The highest BCUT2D eigenvalue weighted by Gasteiger charge is 2.31. The second-order valence-electron chi connectivity index (χ2n) is 5.22. The molecule has 0 nitrogen and oxygen atoms in total. The second kappa shape index (κ2) is 4.30. The van der Waals surface area contributed by atoms with E-state index in [0.29, 0.717) is 0 Å². The van der Waals surface area contributed by atoms with Gasteiger partial charge in [-0.05, 0) is 33.3 Å². The molecule has 17 heavy (non-hydrogen) atoms. The molecule has 0 saturated heterocycles. The quantitative estimate of drug-likeness (QED) is 0.690. The van der Waals surface area contributed by atoms with Gasteiger partial charge in [0.05, 0.1) is 9.52 Å². The molecule has 1 aromatic rings. The Kier molecular flexibility index (Phi) is 3.13. The predicted molar refractivity (Wildman–Crippen MR) is 77.1 cm³/mol. The zero-order valence-corrected chi connectivity index (χ0v) is 12.4. The Morgan fingerprint density at radius 3 is 2.18 bits per heavy atom. The molecule has 88 valence electrons. The van der Waals surface area contributed by atoms with Crippen molar-refractivity contribution < 1.29 is 0 Å². The third-order valence-electron chi connectivity index (χ3n) is 3.98. The van der Waals surface area contributed by atoms with E-state index in [1.807, 2.05) is 0 Å². The average Bonchev–Trinajstić information content (AvgIpc) is 2.47. The van der Waals surface area contributed by atoms with E-state index < -0.39 is 0 Å². The maximum atomic E-state index is 2.45. The lowest BCUT2D eigenvalue weighted by Gasteiger charge is -2.24. The normalized spacial score (nSPS) is 24.2. The van der Waals surface area contributed by atoms with Crippen molar-refractivity contribution in [3.8, 4) is 0 Å². The van der Waals surface area contributed by atoms with E-state index in [1.54, 1.807) is 0 Å². The van der Waals surface area contributed by atoms with Crippen molar-refractivity contribution in [2.45, 2.75) is 39.7 Å². The summed E-state index contributed by atoms with van der Waals surface area (Å²) in [6.45, 7) is 11.3. The van der Waals surface area contributed by atoms with E-state index in [2.05, 4.69) is 65.0 Å². The lowest BCUT2D eigenvalue weighted by Crippen LogP contribution is -2.28. The standard InChI is InChI=1S/C16H20Si/c1-11-8-6-7-9-15(11)17-16(5)10-12(2)13(3)14(16)4/h6-10H,1-5H3. The van der Waals surface area contributed by atoms with E-state index in [-0.39, 0.29) is 5.04 Å². The van der Waals surface area contributed by atoms with Crippen LogP contribution in [0, 0.1) is 6.92 Å². The highest BCUT2D eigenvalue weighted by atomic mass is 28.2. The minimum atomic E-state index is 0.236. The summed E-state index contributed by atoms with van der Waals surface area (Å²) >= 11 is 0. The van der Waals surface area contributed by atoms with Gasteiger partial charge in [-0.15, -0.1) is 0 Å². The summed E-state index contributed by atoms with van der Waals surface area (Å²) in [6.07, 6.45) is 2.45. The van der Waals surface area contributed by atoms with Crippen molar-refractivity contribution in [3.63, 3.8) is 0 Å². The van der Waals surface area contributed by atoms with Crippen LogP contribution in [0.25, 0.3) is 0 Å². The molecule has 1 aliphatic rings. The Balaban J connectivity index is 2.35. The van der Waals surface area contributed by atoms with Gasteiger partial charge in [-0.25, -0.2) is 0 Å². The van der Waals surface area contributed by atoms with Gasteiger partial charge in [0.1, 0.15) is 0 Å². The molecule has 1 heteroatoms. The van der Waals surface area contributed by atoms with Crippen molar-refractivity contribution in [3.05, 3.63) is 52.6 Å². The van der Waals surface area contributed by atoms with E-state index in [0.717, 1.165) is 9.52 Å². The fourth-order valence-corrected chi connectivity index (χ4v) is 4.14. The number of hydrogen-bond donors (Lipinski definition) is 0. The third-order valence-corrected chi connectivity index (χ3v) is 5.85. The fraction of sp³-hybridized carbons (Fsp3) is 0.375. The zero-order valence-electron chi connectivity index (χ0n) is 11.4. The first-order valence-electron chi connectivity index (χ1n) is 6.15. The summed E-state index contributed by atoms with van der Waals surface area (Å²) in [5.41, 5.74) is 5.88. The van der Waals surface area contributed by atoms with Crippen molar-refractivity contribution in [1.82, 2.24) is 0 Å². The molecule has 0 heterocycles. The van der Waals surface area contributed by atoms with E-state index >= 15 is 0 Å². The Bertz CT molecular complexity index is 508. The van der Waals surface area contributed by atoms with Gasteiger partial charge >= 0.3 is 0 Å². The van der Waals surface area contributed by atoms with Gasteiger partial charge in [0, 0.05) is 5.04 Å². The summed E-state index contributed by atoms with van der Waals surface area (Å²) < 4.78 is 0. The molecule has 0 aliphatic heterocycles. The average molecular weight is 240 g/mol. The number of allylic oxidation sites excluding steroid dienone is 4. The molecular weight excluding hydrogens is 220 g/mol. The lowest BCUT2D eigenvalue weighted by atomic mass is 10.0. The van der Waals surface area contributed by atoms with E-state index in [4.69, 9.17) is 0 Å². The Morgan fingerprint density at radius 2 is 1.65 bits per heavy atom. The highest BCUT2D eigenvalue weighted by molar-refractivity contribution is 6.59. The Morgan fingerprint density at radius 1 is 1.00 bits per heavy atom. The minimum absolute atomic E-state index is 0.236. The fourth-order valence-electron chi connectivity index (χ4n) is 2.46. The molecule has 0 amide bonds. The maximum Gasteiger partial charge on any atom is 0.0979 e. The smallest absolute Gasteiger partial charge is 0.0742 e. The SMILES string of the molecule is CC1=CC(C)([Si]c2ccccc2C)C(C)=C1C. The highest BCUT2D eigenvalue weighted by Crippen LogP contribution is 2.45. The van der Waals surface area contributed by atoms with Crippen LogP contribution in [0.15, 0.2) is 47.1 Å². The second-order valence-corrected chi connectivity index (χ2v) is 7.05. The molecule has 2 radical (unpaired) electrons. The van der Waals surface area contributed by atoms with Crippen LogP contribution in [0.1, 0.15) is 33.3 Å². The molecule has 1 atom stereocenters. The summed E-state index contributed by atoms with van der Waals surface area (Å²) in [5.74, 6) is 0. The molecule has 0 bridgehead atoms. The van der Waals surface area contributed by atoms with Gasteiger partial charge < -0.3 is 0 Å².